The van der Waals surface area contributed by atoms with Crippen molar-refractivity contribution in [2.45, 2.75) is 18.4 Å². The molecule has 2 amide bonds. The van der Waals surface area contributed by atoms with Crippen LogP contribution in [0.4, 0.5) is 4.39 Å². The molecule has 0 saturated carbocycles. The van der Waals surface area contributed by atoms with Gasteiger partial charge in [0.05, 0.1) is 18.6 Å². The topological polar surface area (TPSA) is 84.7 Å². The molecule has 0 bridgehead atoms. The summed E-state index contributed by atoms with van der Waals surface area (Å²) in [4.78, 5) is 29.2. The van der Waals surface area contributed by atoms with Crippen molar-refractivity contribution in [3.05, 3.63) is 113 Å². The quantitative estimate of drug-likeness (QED) is 0.635. The number of nitrogens with two attached hydrogens (primary N) is 1. The molecule has 2 aromatic carbocycles. The Morgan fingerprint density at radius 3 is 2.63 bits per heavy atom. The van der Waals surface area contributed by atoms with Gasteiger partial charge < -0.3 is 20.7 Å². The van der Waals surface area contributed by atoms with Gasteiger partial charge in [0.2, 0.25) is 5.91 Å². The minimum atomic E-state index is -0.758. The molecular formula is C28H28FN3O3. The van der Waals surface area contributed by atoms with Crippen molar-refractivity contribution < 1.29 is 18.7 Å². The largest absolute Gasteiger partial charge is 0.404 e. The highest BCUT2D eigenvalue weighted by molar-refractivity contribution is 6.03. The molecular weight excluding hydrogens is 445 g/mol. The first-order valence-electron chi connectivity index (χ1n) is 11.5. The van der Waals surface area contributed by atoms with Gasteiger partial charge in [0.25, 0.3) is 5.91 Å². The van der Waals surface area contributed by atoms with Crippen molar-refractivity contribution in [1.29, 1.82) is 0 Å². The molecule has 0 radical (unpaired) electrons. The van der Waals surface area contributed by atoms with Crippen LogP contribution in [0.15, 0.2) is 96.6 Å². The van der Waals surface area contributed by atoms with Gasteiger partial charge in [-0.25, -0.2) is 4.39 Å². The Morgan fingerprint density at radius 1 is 1.14 bits per heavy atom. The molecule has 1 aliphatic carbocycles. The number of benzene rings is 2. The second-order valence-corrected chi connectivity index (χ2v) is 8.30. The third-order valence-corrected chi connectivity index (χ3v) is 6.20. The number of nitrogens with one attached hydrogen (secondary N) is 1. The van der Waals surface area contributed by atoms with E-state index < -0.39 is 12.0 Å². The third kappa shape index (κ3) is 5.10. The smallest absolute Gasteiger partial charge is 0.254 e. The SMILES string of the molecule is COCCN1C(=O)c2ccccc2C(C(=O)NC2=CCC=C(F)C=C2)C1/C(=C/N)c1ccccc1. The van der Waals surface area contributed by atoms with Crippen molar-refractivity contribution in [2.75, 3.05) is 20.3 Å². The molecule has 0 saturated heterocycles. The van der Waals surface area contributed by atoms with E-state index in [2.05, 4.69) is 5.32 Å². The van der Waals surface area contributed by atoms with Crippen LogP contribution in [-0.2, 0) is 9.53 Å². The predicted octanol–water partition coefficient (Wildman–Crippen LogP) is 4.05. The Bertz CT molecular complexity index is 1220. The van der Waals surface area contributed by atoms with Gasteiger partial charge >= 0.3 is 0 Å². The van der Waals surface area contributed by atoms with Gasteiger partial charge in [0.15, 0.2) is 0 Å². The van der Waals surface area contributed by atoms with Crippen LogP contribution in [-0.4, -0.2) is 43.0 Å². The normalized spacial score (nSPS) is 20.0. The fraction of sp³-hybridized carbons (Fsp3) is 0.214. The lowest BCUT2D eigenvalue weighted by Gasteiger charge is -2.42. The van der Waals surface area contributed by atoms with E-state index in [-0.39, 0.29) is 24.2 Å². The van der Waals surface area contributed by atoms with Crippen LogP contribution in [0.1, 0.15) is 33.8 Å². The van der Waals surface area contributed by atoms with E-state index in [1.165, 1.54) is 24.4 Å². The van der Waals surface area contributed by atoms with Gasteiger partial charge in [0.1, 0.15) is 5.83 Å². The van der Waals surface area contributed by atoms with Crippen LogP contribution in [0.25, 0.3) is 5.57 Å². The summed E-state index contributed by atoms with van der Waals surface area (Å²) >= 11 is 0. The fourth-order valence-electron chi connectivity index (χ4n) is 4.57. The third-order valence-electron chi connectivity index (χ3n) is 6.20. The second-order valence-electron chi connectivity index (χ2n) is 8.30. The maximum absolute atomic E-state index is 13.9. The molecule has 180 valence electrons. The summed E-state index contributed by atoms with van der Waals surface area (Å²) in [6.07, 6.45) is 7.85. The van der Waals surface area contributed by atoms with Crippen LogP contribution in [0, 0.1) is 0 Å². The van der Waals surface area contributed by atoms with Crippen molar-refractivity contribution in [2.24, 2.45) is 5.73 Å². The molecule has 1 heterocycles. The van der Waals surface area contributed by atoms with Gasteiger partial charge in [-0.1, -0.05) is 54.6 Å². The number of methoxy groups -OCH3 is 1. The standard InChI is InChI=1S/C28H28FN3O3/c1-35-17-16-32-26(24(18-30)19-8-3-2-4-9-19)25(22-12-5-6-13-23(22)28(32)34)27(33)31-21-11-7-10-20(29)14-15-21/h2-6,8-15,18,25-26H,7,16-17,30H2,1H3,(H,31,33)/b24-18+. The summed E-state index contributed by atoms with van der Waals surface area (Å²) in [7, 11) is 1.57. The van der Waals surface area contributed by atoms with E-state index in [9.17, 15) is 14.0 Å². The number of ether oxygens (including phenoxy) is 1. The predicted molar refractivity (Wildman–Crippen MR) is 134 cm³/mol. The number of amides is 2. The van der Waals surface area contributed by atoms with Crippen LogP contribution in [0.3, 0.4) is 0 Å². The number of hydrogen-bond acceptors (Lipinski definition) is 4. The van der Waals surface area contributed by atoms with E-state index in [0.29, 0.717) is 35.4 Å². The highest BCUT2D eigenvalue weighted by Gasteiger charge is 2.45. The molecule has 2 unspecified atom stereocenters. The zero-order valence-electron chi connectivity index (χ0n) is 19.5. The summed E-state index contributed by atoms with van der Waals surface area (Å²) in [5, 5.41) is 2.94. The van der Waals surface area contributed by atoms with Crippen LogP contribution in [0.2, 0.25) is 0 Å². The number of fused-ring (bicyclic) bond motifs is 1. The van der Waals surface area contributed by atoms with Crippen LogP contribution < -0.4 is 11.1 Å². The fourth-order valence-corrected chi connectivity index (χ4v) is 4.57. The molecule has 0 spiro atoms. The summed E-state index contributed by atoms with van der Waals surface area (Å²) in [6.45, 7) is 0.574. The molecule has 2 atom stereocenters. The lowest BCUT2D eigenvalue weighted by atomic mass is 9.77. The Hall–Kier alpha value is -3.97. The van der Waals surface area contributed by atoms with Crippen molar-refractivity contribution in [1.82, 2.24) is 10.2 Å². The van der Waals surface area contributed by atoms with Crippen LogP contribution in [0.5, 0.6) is 0 Å². The summed E-state index contributed by atoms with van der Waals surface area (Å²) < 4.78 is 19.0. The molecule has 1 aliphatic heterocycles. The lowest BCUT2D eigenvalue weighted by Crippen LogP contribution is -2.53. The molecule has 0 aromatic heterocycles. The minimum absolute atomic E-state index is 0.193. The Labute approximate surface area is 204 Å². The Morgan fingerprint density at radius 2 is 1.89 bits per heavy atom. The molecule has 2 aliphatic rings. The van der Waals surface area contributed by atoms with Gasteiger partial charge in [0, 0.05) is 24.9 Å². The number of allylic oxidation sites excluding steroid dienone is 5. The molecule has 4 rings (SSSR count). The van der Waals surface area contributed by atoms with Crippen molar-refractivity contribution in [3.8, 4) is 0 Å². The lowest BCUT2D eigenvalue weighted by molar-refractivity contribution is -0.122. The van der Waals surface area contributed by atoms with Crippen LogP contribution >= 0.6 is 0 Å². The number of rotatable bonds is 7. The zero-order chi connectivity index (χ0) is 24.8. The maximum atomic E-state index is 13.9. The first kappa shape index (κ1) is 24.2. The second kappa shape index (κ2) is 11.0. The monoisotopic (exact) mass is 473 g/mol. The molecule has 35 heavy (non-hydrogen) atoms. The first-order valence-corrected chi connectivity index (χ1v) is 11.5. The van der Waals surface area contributed by atoms with Gasteiger partial charge in [-0.3, -0.25) is 9.59 Å². The average Bonchev–Trinajstić information content (AvgIpc) is 3.08. The maximum Gasteiger partial charge on any atom is 0.254 e. The number of hydrogen-bond donors (Lipinski definition) is 2. The van der Waals surface area contributed by atoms with Gasteiger partial charge in [-0.05, 0) is 53.6 Å². The highest BCUT2D eigenvalue weighted by Crippen LogP contribution is 2.40. The van der Waals surface area contributed by atoms with E-state index >= 15 is 0 Å². The van der Waals surface area contributed by atoms with Crippen molar-refractivity contribution >= 4 is 17.4 Å². The molecule has 3 N–H and O–H groups in total. The first-order chi connectivity index (χ1) is 17.0. The Balaban J connectivity index is 1.82. The van der Waals surface area contributed by atoms with E-state index in [0.717, 1.165) is 5.56 Å². The summed E-state index contributed by atoms with van der Waals surface area (Å²) in [5.74, 6) is -1.63. The number of carbonyl (C=O) groups excluding carboxylic acids is 2. The number of nitrogens with zero attached hydrogens (tertiary/aromatic N) is 1. The molecule has 2 aromatic rings. The van der Waals surface area contributed by atoms with Gasteiger partial charge in [-0.15, -0.1) is 0 Å². The molecule has 0 fully saturated rings. The number of carbonyl (C=O) groups is 2. The minimum Gasteiger partial charge on any atom is -0.404 e. The highest BCUT2D eigenvalue weighted by atomic mass is 19.1. The summed E-state index contributed by atoms with van der Waals surface area (Å²) in [6, 6.07) is 15.9. The Kier molecular flexibility index (Phi) is 7.57. The average molecular weight is 474 g/mol. The summed E-state index contributed by atoms with van der Waals surface area (Å²) in [5.41, 5.74) is 9.18. The zero-order valence-corrected chi connectivity index (χ0v) is 19.5. The number of halogens is 1. The molecule has 7 heteroatoms. The van der Waals surface area contributed by atoms with E-state index in [4.69, 9.17) is 10.5 Å². The van der Waals surface area contributed by atoms with E-state index in [1.807, 2.05) is 36.4 Å². The van der Waals surface area contributed by atoms with Crippen molar-refractivity contribution in [3.63, 3.8) is 0 Å². The van der Waals surface area contributed by atoms with Gasteiger partial charge in [-0.2, -0.15) is 0 Å². The molecule has 6 nitrogen and oxygen atoms in total. The van der Waals surface area contributed by atoms with E-state index in [1.54, 1.807) is 36.3 Å².